The number of hydrogen-bond donors (Lipinski definition) is 0. The average Bonchev–Trinajstić information content (AvgIpc) is 3.11. The van der Waals surface area contributed by atoms with Crippen molar-refractivity contribution < 1.29 is 4.74 Å². The molecular formula is C19H15BrN4O3. The van der Waals surface area contributed by atoms with E-state index in [2.05, 4.69) is 20.9 Å². The van der Waals surface area contributed by atoms with Crippen molar-refractivity contribution in [3.8, 4) is 11.6 Å². The van der Waals surface area contributed by atoms with Gasteiger partial charge in [-0.3, -0.25) is 18.3 Å². The number of fused-ring (bicyclic) bond motifs is 1. The Morgan fingerprint density at radius 2 is 1.85 bits per heavy atom. The van der Waals surface area contributed by atoms with Gasteiger partial charge in [-0.2, -0.15) is 0 Å². The van der Waals surface area contributed by atoms with Crippen molar-refractivity contribution >= 4 is 21.6 Å². The molecule has 0 saturated carbocycles. The second kappa shape index (κ2) is 6.88. The molecule has 8 heteroatoms. The van der Waals surface area contributed by atoms with Crippen LogP contribution >= 0.6 is 15.9 Å². The van der Waals surface area contributed by atoms with Crippen molar-refractivity contribution in [2.75, 3.05) is 7.11 Å². The molecule has 0 amide bonds. The average molecular weight is 427 g/mol. The number of nitrogens with zero attached hydrogens (tertiary/aromatic N) is 4. The summed E-state index contributed by atoms with van der Waals surface area (Å²) in [5.74, 6) is 1.27. The maximum atomic E-state index is 13.0. The van der Waals surface area contributed by atoms with E-state index in [9.17, 15) is 9.59 Å². The zero-order valence-corrected chi connectivity index (χ0v) is 16.0. The highest BCUT2D eigenvalue weighted by atomic mass is 79.9. The quantitative estimate of drug-likeness (QED) is 0.502. The third kappa shape index (κ3) is 3.08. The predicted molar refractivity (Wildman–Crippen MR) is 105 cm³/mol. The SMILES string of the molecule is COc1ccc(Cn2c(=O)ccn(-c3cnc4c(Br)cccn34)c2=O)cc1. The number of rotatable bonds is 4. The van der Waals surface area contributed by atoms with Crippen LogP contribution in [0.15, 0.2) is 75.1 Å². The van der Waals surface area contributed by atoms with Gasteiger partial charge in [-0.1, -0.05) is 12.1 Å². The minimum Gasteiger partial charge on any atom is -0.497 e. The molecule has 27 heavy (non-hydrogen) atoms. The molecule has 0 aliphatic heterocycles. The second-order valence-electron chi connectivity index (χ2n) is 5.91. The van der Waals surface area contributed by atoms with Gasteiger partial charge in [0.25, 0.3) is 5.56 Å². The van der Waals surface area contributed by atoms with Crippen molar-refractivity contribution in [2.45, 2.75) is 6.54 Å². The summed E-state index contributed by atoms with van der Waals surface area (Å²) < 4.78 is 10.3. The van der Waals surface area contributed by atoms with E-state index < -0.39 is 5.69 Å². The Balaban J connectivity index is 1.81. The Labute approximate surface area is 162 Å². The number of hydrogen-bond acceptors (Lipinski definition) is 4. The highest BCUT2D eigenvalue weighted by Crippen LogP contribution is 2.18. The molecule has 136 valence electrons. The van der Waals surface area contributed by atoms with Crippen LogP contribution in [0.2, 0.25) is 0 Å². The maximum absolute atomic E-state index is 13.0. The van der Waals surface area contributed by atoms with Crippen LogP contribution in [0.1, 0.15) is 5.56 Å². The summed E-state index contributed by atoms with van der Waals surface area (Å²) in [5, 5.41) is 0. The fraction of sp³-hybridized carbons (Fsp3) is 0.105. The van der Waals surface area contributed by atoms with Crippen molar-refractivity contribution in [2.24, 2.45) is 0 Å². The Bertz CT molecular complexity index is 1240. The lowest BCUT2D eigenvalue weighted by molar-refractivity contribution is 0.414. The van der Waals surface area contributed by atoms with Crippen molar-refractivity contribution in [1.29, 1.82) is 0 Å². The summed E-state index contributed by atoms with van der Waals surface area (Å²) >= 11 is 3.45. The lowest BCUT2D eigenvalue weighted by Crippen LogP contribution is -2.38. The van der Waals surface area contributed by atoms with Crippen LogP contribution in [0.5, 0.6) is 5.75 Å². The number of pyridine rings is 1. The van der Waals surface area contributed by atoms with Crippen LogP contribution in [-0.2, 0) is 6.54 Å². The molecule has 0 aliphatic rings. The normalized spacial score (nSPS) is 11.0. The van der Waals surface area contributed by atoms with E-state index in [0.29, 0.717) is 17.2 Å². The van der Waals surface area contributed by atoms with Crippen molar-refractivity contribution in [3.05, 3.63) is 91.9 Å². The Hall–Kier alpha value is -3.13. The molecule has 0 bridgehead atoms. The van der Waals surface area contributed by atoms with E-state index in [-0.39, 0.29) is 12.1 Å². The minimum atomic E-state index is -0.430. The standard InChI is InChI=1S/C19H15BrN4O3/c1-27-14-6-4-13(5-7-14)12-24-17(25)8-10-23(19(24)26)16-11-21-18-15(20)3-2-9-22(16)18/h2-11H,12H2,1H3. The van der Waals surface area contributed by atoms with Gasteiger partial charge in [0.05, 0.1) is 24.3 Å². The molecule has 1 aromatic carbocycles. The first-order chi connectivity index (χ1) is 13.1. The molecule has 0 saturated heterocycles. The first-order valence-corrected chi connectivity index (χ1v) is 8.95. The third-order valence-electron chi connectivity index (χ3n) is 4.28. The fourth-order valence-electron chi connectivity index (χ4n) is 2.89. The number of benzene rings is 1. The van der Waals surface area contributed by atoms with Crippen LogP contribution in [0.3, 0.4) is 0 Å². The highest BCUT2D eigenvalue weighted by molar-refractivity contribution is 9.10. The molecule has 0 fully saturated rings. The van der Waals surface area contributed by atoms with Crippen LogP contribution in [0.25, 0.3) is 11.5 Å². The number of imidazole rings is 1. The van der Waals surface area contributed by atoms with Crippen LogP contribution in [0.4, 0.5) is 0 Å². The Morgan fingerprint density at radius 3 is 2.59 bits per heavy atom. The lowest BCUT2D eigenvalue weighted by atomic mass is 10.2. The number of methoxy groups -OCH3 is 1. The molecule has 0 radical (unpaired) electrons. The molecule has 0 spiro atoms. The topological polar surface area (TPSA) is 70.5 Å². The molecule has 0 N–H and O–H groups in total. The zero-order valence-electron chi connectivity index (χ0n) is 14.4. The lowest BCUT2D eigenvalue weighted by Gasteiger charge is -2.10. The van der Waals surface area contributed by atoms with Gasteiger partial charge in [0.2, 0.25) is 0 Å². The number of ether oxygens (including phenoxy) is 1. The Kier molecular flexibility index (Phi) is 4.41. The van der Waals surface area contributed by atoms with Crippen LogP contribution in [-0.4, -0.2) is 25.6 Å². The second-order valence-corrected chi connectivity index (χ2v) is 6.76. The molecule has 0 atom stereocenters. The van der Waals surface area contributed by atoms with Gasteiger partial charge >= 0.3 is 5.69 Å². The summed E-state index contributed by atoms with van der Waals surface area (Å²) in [4.78, 5) is 29.6. The van der Waals surface area contributed by atoms with Crippen LogP contribution in [0, 0.1) is 0 Å². The van der Waals surface area contributed by atoms with E-state index >= 15 is 0 Å². The molecule has 3 heterocycles. The van der Waals surface area contributed by atoms with Gasteiger partial charge in [0, 0.05) is 18.5 Å². The van der Waals surface area contributed by atoms with Crippen molar-refractivity contribution in [1.82, 2.24) is 18.5 Å². The van der Waals surface area contributed by atoms with Gasteiger partial charge in [-0.15, -0.1) is 0 Å². The third-order valence-corrected chi connectivity index (χ3v) is 4.90. The molecule has 7 nitrogen and oxygen atoms in total. The molecule has 3 aromatic heterocycles. The molecular weight excluding hydrogens is 412 g/mol. The Morgan fingerprint density at radius 1 is 1.07 bits per heavy atom. The predicted octanol–water partition coefficient (Wildman–Crippen LogP) is 2.47. The van der Waals surface area contributed by atoms with E-state index in [0.717, 1.165) is 10.0 Å². The number of halogens is 1. The summed E-state index contributed by atoms with van der Waals surface area (Å²) in [6.07, 6.45) is 4.89. The summed E-state index contributed by atoms with van der Waals surface area (Å²) in [6.45, 7) is 0.170. The first-order valence-electron chi connectivity index (χ1n) is 8.16. The minimum absolute atomic E-state index is 0.170. The van der Waals surface area contributed by atoms with E-state index in [4.69, 9.17) is 4.74 Å². The van der Waals surface area contributed by atoms with Gasteiger partial charge in [-0.05, 0) is 45.8 Å². The maximum Gasteiger partial charge on any atom is 0.337 e. The van der Waals surface area contributed by atoms with Gasteiger partial charge < -0.3 is 4.74 Å². The van der Waals surface area contributed by atoms with Crippen molar-refractivity contribution in [3.63, 3.8) is 0 Å². The first kappa shape index (κ1) is 17.3. The summed E-state index contributed by atoms with van der Waals surface area (Å²) in [5.41, 5.74) is 0.725. The van der Waals surface area contributed by atoms with Gasteiger partial charge in [0.15, 0.2) is 5.65 Å². The molecule has 4 rings (SSSR count). The van der Waals surface area contributed by atoms with E-state index in [1.165, 1.54) is 21.4 Å². The zero-order chi connectivity index (χ0) is 19.0. The molecule has 4 aromatic rings. The fourth-order valence-corrected chi connectivity index (χ4v) is 3.34. The summed E-state index contributed by atoms with van der Waals surface area (Å²) in [7, 11) is 1.59. The van der Waals surface area contributed by atoms with E-state index in [1.807, 2.05) is 30.5 Å². The molecule has 0 unspecified atom stereocenters. The monoisotopic (exact) mass is 426 g/mol. The molecule has 0 aliphatic carbocycles. The van der Waals surface area contributed by atoms with Gasteiger partial charge in [0.1, 0.15) is 11.6 Å². The van der Waals surface area contributed by atoms with Gasteiger partial charge in [-0.25, -0.2) is 9.78 Å². The number of aromatic nitrogens is 4. The van der Waals surface area contributed by atoms with Crippen LogP contribution < -0.4 is 16.0 Å². The largest absolute Gasteiger partial charge is 0.497 e. The highest BCUT2D eigenvalue weighted by Gasteiger charge is 2.12. The smallest absolute Gasteiger partial charge is 0.337 e. The summed E-state index contributed by atoms with van der Waals surface area (Å²) in [6, 6.07) is 12.3. The van der Waals surface area contributed by atoms with E-state index in [1.54, 1.807) is 29.8 Å².